The van der Waals surface area contributed by atoms with E-state index in [-0.39, 0.29) is 23.8 Å². The summed E-state index contributed by atoms with van der Waals surface area (Å²) in [6, 6.07) is 6.81. The van der Waals surface area contributed by atoms with E-state index >= 15 is 0 Å². The number of anilines is 1. The van der Waals surface area contributed by atoms with Crippen molar-refractivity contribution in [1.82, 2.24) is 0 Å². The maximum atomic E-state index is 12.8. The molecule has 3 rings (SSSR count). The molecule has 1 saturated heterocycles. The summed E-state index contributed by atoms with van der Waals surface area (Å²) in [7, 11) is 0. The number of amides is 1. The molecule has 1 aliphatic heterocycles. The van der Waals surface area contributed by atoms with Crippen LogP contribution in [0.3, 0.4) is 0 Å². The third-order valence-corrected chi connectivity index (χ3v) is 5.37. The minimum Gasteiger partial charge on any atom is -0.393 e. The van der Waals surface area contributed by atoms with Gasteiger partial charge in [0, 0.05) is 18.7 Å². The topological polar surface area (TPSA) is 40.5 Å². The minimum atomic E-state index is -4.15. The summed E-state index contributed by atoms with van der Waals surface area (Å²) >= 11 is 0. The van der Waals surface area contributed by atoms with Gasteiger partial charge in [0.15, 0.2) is 0 Å². The van der Waals surface area contributed by atoms with E-state index in [9.17, 15) is 23.1 Å². The maximum Gasteiger partial charge on any atom is 0.389 e. The molecule has 6 heteroatoms. The Kier molecular flexibility index (Phi) is 4.60. The molecule has 2 aliphatic rings. The van der Waals surface area contributed by atoms with Crippen molar-refractivity contribution in [2.24, 2.45) is 5.41 Å². The third kappa shape index (κ3) is 3.58. The van der Waals surface area contributed by atoms with Gasteiger partial charge in [0.25, 0.3) is 0 Å². The second-order valence-electron chi connectivity index (χ2n) is 7.00. The number of aliphatic hydroxyl groups excluding tert-OH is 1. The Morgan fingerprint density at radius 3 is 2.33 bits per heavy atom. The van der Waals surface area contributed by atoms with E-state index in [1.807, 2.05) is 0 Å². The van der Waals surface area contributed by atoms with E-state index in [0.29, 0.717) is 37.8 Å². The van der Waals surface area contributed by atoms with Crippen molar-refractivity contribution in [1.29, 1.82) is 0 Å². The molecule has 0 atom stereocenters. The number of nitrogens with zero attached hydrogens (tertiary/aromatic N) is 1. The number of carbonyl (C=O) groups excluding carboxylic acids is 1. The standard InChI is InChI=1S/C18H22F3NO2/c19-18(20,21)10-5-13-1-3-14(4-2-13)22-12-11-17(16(22)24)8-6-15(23)7-9-17/h1-4,15,23H,5-12H2. The Morgan fingerprint density at radius 2 is 1.75 bits per heavy atom. The smallest absolute Gasteiger partial charge is 0.389 e. The normalized spacial score (nSPS) is 27.9. The first-order chi connectivity index (χ1) is 11.3. The summed E-state index contributed by atoms with van der Waals surface area (Å²) in [6.07, 6.45) is -1.78. The van der Waals surface area contributed by atoms with Crippen molar-refractivity contribution >= 4 is 11.6 Å². The summed E-state index contributed by atoms with van der Waals surface area (Å²) in [5.41, 5.74) is 1.02. The van der Waals surface area contributed by atoms with Crippen LogP contribution in [0.5, 0.6) is 0 Å². The number of alkyl halides is 3. The second-order valence-corrected chi connectivity index (χ2v) is 7.00. The molecule has 1 aromatic carbocycles. The number of halogens is 3. The first kappa shape index (κ1) is 17.3. The zero-order chi connectivity index (χ0) is 17.4. The average Bonchev–Trinajstić information content (AvgIpc) is 2.85. The van der Waals surface area contributed by atoms with Gasteiger partial charge in [0.05, 0.1) is 11.5 Å². The van der Waals surface area contributed by atoms with E-state index in [2.05, 4.69) is 0 Å². The van der Waals surface area contributed by atoms with Gasteiger partial charge >= 0.3 is 6.18 Å². The molecule has 0 radical (unpaired) electrons. The number of aliphatic hydroxyl groups is 1. The van der Waals surface area contributed by atoms with E-state index in [0.717, 1.165) is 12.1 Å². The minimum absolute atomic E-state index is 0.0421. The van der Waals surface area contributed by atoms with Crippen molar-refractivity contribution in [2.45, 2.75) is 57.2 Å². The zero-order valence-corrected chi connectivity index (χ0v) is 13.5. The summed E-state index contributed by atoms with van der Waals surface area (Å²) < 4.78 is 36.8. The van der Waals surface area contributed by atoms with E-state index < -0.39 is 12.6 Å². The van der Waals surface area contributed by atoms with Crippen LogP contribution < -0.4 is 4.90 Å². The molecule has 132 valence electrons. The highest BCUT2D eigenvalue weighted by Crippen LogP contribution is 2.46. The highest BCUT2D eigenvalue weighted by Gasteiger charge is 2.48. The fourth-order valence-corrected chi connectivity index (χ4v) is 3.81. The van der Waals surface area contributed by atoms with Crippen molar-refractivity contribution in [3.63, 3.8) is 0 Å². The molecule has 1 saturated carbocycles. The number of aryl methyl sites for hydroxylation is 1. The number of rotatable bonds is 3. The highest BCUT2D eigenvalue weighted by atomic mass is 19.4. The second kappa shape index (κ2) is 6.39. The summed E-state index contributed by atoms with van der Waals surface area (Å²) in [5.74, 6) is 0.0949. The van der Waals surface area contributed by atoms with Gasteiger partial charge in [-0.1, -0.05) is 12.1 Å². The fourth-order valence-electron chi connectivity index (χ4n) is 3.81. The predicted molar refractivity (Wildman–Crippen MR) is 84.7 cm³/mol. The zero-order valence-electron chi connectivity index (χ0n) is 13.5. The predicted octanol–water partition coefficient (Wildman–Crippen LogP) is 3.84. The molecule has 1 amide bonds. The number of carbonyl (C=O) groups is 1. The molecule has 24 heavy (non-hydrogen) atoms. The van der Waals surface area contributed by atoms with E-state index in [1.54, 1.807) is 29.2 Å². The third-order valence-electron chi connectivity index (χ3n) is 5.37. The Labute approximate surface area is 139 Å². The van der Waals surface area contributed by atoms with Crippen LogP contribution in [0.15, 0.2) is 24.3 Å². The molecule has 2 fully saturated rings. The van der Waals surface area contributed by atoms with Crippen molar-refractivity contribution < 1.29 is 23.1 Å². The molecule has 1 aromatic rings. The van der Waals surface area contributed by atoms with Gasteiger partial charge in [0.2, 0.25) is 5.91 Å². The van der Waals surface area contributed by atoms with Crippen LogP contribution in [0.25, 0.3) is 0 Å². The maximum absolute atomic E-state index is 12.8. The molecule has 1 aliphatic carbocycles. The van der Waals surface area contributed by atoms with Crippen LogP contribution in [0.2, 0.25) is 0 Å². The highest BCUT2D eigenvalue weighted by molar-refractivity contribution is 5.99. The van der Waals surface area contributed by atoms with Gasteiger partial charge in [-0.05, 0) is 56.2 Å². The number of hydrogen-bond acceptors (Lipinski definition) is 2. The number of benzene rings is 1. The van der Waals surface area contributed by atoms with Crippen LogP contribution in [0.1, 0.15) is 44.1 Å². The SMILES string of the molecule is O=C1N(c2ccc(CCC(F)(F)F)cc2)CCC12CCC(O)CC2. The van der Waals surface area contributed by atoms with Crippen LogP contribution in [-0.2, 0) is 11.2 Å². The van der Waals surface area contributed by atoms with Gasteiger partial charge in [-0.15, -0.1) is 0 Å². The summed E-state index contributed by atoms with van der Waals surface area (Å²) in [5, 5.41) is 9.66. The van der Waals surface area contributed by atoms with E-state index in [4.69, 9.17) is 0 Å². The lowest BCUT2D eigenvalue weighted by Crippen LogP contribution is -2.38. The molecular formula is C18H22F3NO2. The quantitative estimate of drug-likeness (QED) is 0.907. The Bertz CT molecular complexity index is 589. The number of hydrogen-bond donors (Lipinski definition) is 1. The van der Waals surface area contributed by atoms with Crippen LogP contribution in [0, 0.1) is 5.41 Å². The van der Waals surface area contributed by atoms with Gasteiger partial charge in [-0.25, -0.2) is 0 Å². The average molecular weight is 341 g/mol. The van der Waals surface area contributed by atoms with E-state index in [1.165, 1.54) is 0 Å². The lowest BCUT2D eigenvalue weighted by Gasteiger charge is -2.33. The van der Waals surface area contributed by atoms with Gasteiger partial charge in [-0.2, -0.15) is 13.2 Å². The lowest BCUT2D eigenvalue weighted by molar-refractivity contribution is -0.134. The molecule has 0 unspecified atom stereocenters. The van der Waals surface area contributed by atoms with Crippen LogP contribution >= 0.6 is 0 Å². The van der Waals surface area contributed by atoms with Crippen molar-refractivity contribution in [2.75, 3.05) is 11.4 Å². The summed E-state index contributed by atoms with van der Waals surface area (Å²) in [4.78, 5) is 14.6. The Morgan fingerprint density at radius 1 is 1.12 bits per heavy atom. The lowest BCUT2D eigenvalue weighted by atomic mass is 9.72. The fraction of sp³-hybridized carbons (Fsp3) is 0.611. The molecule has 1 heterocycles. The molecular weight excluding hydrogens is 319 g/mol. The van der Waals surface area contributed by atoms with Crippen LogP contribution in [0.4, 0.5) is 18.9 Å². The monoisotopic (exact) mass is 341 g/mol. The molecule has 1 N–H and O–H groups in total. The van der Waals surface area contributed by atoms with Gasteiger partial charge < -0.3 is 10.0 Å². The van der Waals surface area contributed by atoms with Crippen LogP contribution in [-0.4, -0.2) is 29.8 Å². The molecule has 3 nitrogen and oxygen atoms in total. The largest absolute Gasteiger partial charge is 0.393 e. The van der Waals surface area contributed by atoms with Crippen molar-refractivity contribution in [3.8, 4) is 0 Å². The molecule has 0 bridgehead atoms. The Balaban J connectivity index is 1.66. The van der Waals surface area contributed by atoms with Gasteiger partial charge in [0.1, 0.15) is 0 Å². The first-order valence-electron chi connectivity index (χ1n) is 8.45. The Hall–Kier alpha value is -1.56. The first-order valence-corrected chi connectivity index (χ1v) is 8.45. The summed E-state index contributed by atoms with van der Waals surface area (Å²) in [6.45, 7) is 0.636. The molecule has 1 spiro atoms. The van der Waals surface area contributed by atoms with Gasteiger partial charge in [-0.3, -0.25) is 4.79 Å². The molecule has 0 aromatic heterocycles. The van der Waals surface area contributed by atoms with Crippen molar-refractivity contribution in [3.05, 3.63) is 29.8 Å².